The molecular weight excluding hydrogens is 469 g/mol. The molecule has 0 radical (unpaired) electrons. The SMILES string of the molecule is CNC(=O)Cn1cc(C(O)(c2ccc3c(cnn3-c3ccc(C)cc3)c2)C(F)(F)F)c2ccccc21. The van der Waals surface area contributed by atoms with Gasteiger partial charge in [0.2, 0.25) is 11.5 Å². The number of amides is 1. The van der Waals surface area contributed by atoms with E-state index in [4.69, 9.17) is 0 Å². The van der Waals surface area contributed by atoms with Crippen LogP contribution in [0.4, 0.5) is 13.2 Å². The Morgan fingerprint density at radius 2 is 1.75 bits per heavy atom. The molecular formula is C27H23F3N4O2. The highest BCUT2D eigenvalue weighted by molar-refractivity contribution is 5.88. The molecule has 184 valence electrons. The standard InChI is InChI=1S/C27H23F3N4O2/c1-17-7-10-20(11-8-17)34-23-12-9-19(13-18(23)14-32-34)26(36,27(28,29)30)22-15-33(16-25(35)31-2)24-6-4-3-5-21(22)24/h3-15,36H,16H2,1-2H3,(H,31,35). The Morgan fingerprint density at radius 1 is 1.03 bits per heavy atom. The van der Waals surface area contributed by atoms with Crippen molar-refractivity contribution in [2.75, 3.05) is 7.05 Å². The average molecular weight is 493 g/mol. The number of aryl methyl sites for hydroxylation is 1. The number of halogens is 3. The first kappa shape index (κ1) is 23.6. The number of hydrogen-bond donors (Lipinski definition) is 2. The van der Waals surface area contributed by atoms with Crippen molar-refractivity contribution < 1.29 is 23.1 Å². The summed E-state index contributed by atoms with van der Waals surface area (Å²) in [6.07, 6.45) is -2.37. The minimum Gasteiger partial charge on any atom is -0.372 e. The number of aromatic nitrogens is 3. The molecule has 3 aromatic carbocycles. The Bertz CT molecular complexity index is 1580. The van der Waals surface area contributed by atoms with E-state index < -0.39 is 11.8 Å². The fraction of sp³-hybridized carbons (Fsp3) is 0.185. The predicted molar refractivity (Wildman–Crippen MR) is 131 cm³/mol. The van der Waals surface area contributed by atoms with Gasteiger partial charge in [0, 0.05) is 35.1 Å². The van der Waals surface area contributed by atoms with Gasteiger partial charge in [-0.1, -0.05) is 42.0 Å². The monoisotopic (exact) mass is 492 g/mol. The molecule has 0 aliphatic rings. The molecule has 0 aliphatic heterocycles. The fourth-order valence-electron chi connectivity index (χ4n) is 4.52. The van der Waals surface area contributed by atoms with Crippen molar-refractivity contribution in [2.24, 2.45) is 0 Å². The second-order valence-corrected chi connectivity index (χ2v) is 8.73. The zero-order valence-electron chi connectivity index (χ0n) is 19.5. The van der Waals surface area contributed by atoms with Crippen LogP contribution in [0.2, 0.25) is 0 Å². The molecule has 1 unspecified atom stereocenters. The molecule has 0 spiro atoms. The Labute approximate surface area is 204 Å². The first-order chi connectivity index (χ1) is 17.1. The second kappa shape index (κ2) is 8.53. The lowest BCUT2D eigenvalue weighted by Gasteiger charge is -2.31. The highest BCUT2D eigenvalue weighted by Crippen LogP contribution is 2.47. The van der Waals surface area contributed by atoms with E-state index in [2.05, 4.69) is 10.4 Å². The Hall–Kier alpha value is -4.11. The fourth-order valence-corrected chi connectivity index (χ4v) is 4.52. The van der Waals surface area contributed by atoms with Gasteiger partial charge in [-0.15, -0.1) is 0 Å². The van der Waals surface area contributed by atoms with Crippen LogP contribution in [-0.4, -0.2) is 38.6 Å². The predicted octanol–water partition coefficient (Wildman–Crippen LogP) is 4.83. The number of hydrogen-bond acceptors (Lipinski definition) is 3. The van der Waals surface area contributed by atoms with Crippen LogP contribution >= 0.6 is 0 Å². The van der Waals surface area contributed by atoms with Gasteiger partial charge in [-0.25, -0.2) is 4.68 Å². The summed E-state index contributed by atoms with van der Waals surface area (Å²) in [5.74, 6) is -0.372. The molecule has 0 bridgehead atoms. The summed E-state index contributed by atoms with van der Waals surface area (Å²) >= 11 is 0. The van der Waals surface area contributed by atoms with Gasteiger partial charge in [0.1, 0.15) is 6.54 Å². The van der Waals surface area contributed by atoms with Gasteiger partial charge in [0.15, 0.2) is 0 Å². The first-order valence-electron chi connectivity index (χ1n) is 11.3. The van der Waals surface area contributed by atoms with Crippen LogP contribution in [-0.2, 0) is 16.9 Å². The molecule has 0 aliphatic carbocycles. The van der Waals surface area contributed by atoms with E-state index in [0.717, 1.165) is 11.3 Å². The van der Waals surface area contributed by atoms with E-state index in [9.17, 15) is 23.1 Å². The molecule has 1 atom stereocenters. The number of likely N-dealkylation sites (N-methyl/N-ethyl adjacent to an activating group) is 1. The van der Waals surface area contributed by atoms with E-state index in [-0.39, 0.29) is 29.0 Å². The Morgan fingerprint density at radius 3 is 2.44 bits per heavy atom. The smallest absolute Gasteiger partial charge is 0.372 e. The third-order valence-electron chi connectivity index (χ3n) is 6.45. The van der Waals surface area contributed by atoms with Gasteiger partial charge < -0.3 is 15.0 Å². The number of rotatable bonds is 5. The lowest BCUT2D eigenvalue weighted by molar-refractivity contribution is -0.247. The topological polar surface area (TPSA) is 72.1 Å². The summed E-state index contributed by atoms with van der Waals surface area (Å²) in [6.45, 7) is 1.77. The molecule has 0 saturated heterocycles. The van der Waals surface area contributed by atoms with Gasteiger partial charge in [0.25, 0.3) is 0 Å². The molecule has 1 amide bonds. The van der Waals surface area contributed by atoms with Crippen molar-refractivity contribution in [1.82, 2.24) is 19.7 Å². The number of aliphatic hydroxyl groups is 1. The van der Waals surface area contributed by atoms with Crippen molar-refractivity contribution in [3.63, 3.8) is 0 Å². The van der Waals surface area contributed by atoms with Crippen molar-refractivity contribution in [2.45, 2.75) is 25.2 Å². The minimum atomic E-state index is -5.05. The first-order valence-corrected chi connectivity index (χ1v) is 11.3. The summed E-state index contributed by atoms with van der Waals surface area (Å²) < 4.78 is 47.1. The zero-order valence-corrected chi connectivity index (χ0v) is 19.5. The number of nitrogens with one attached hydrogen (secondary N) is 1. The zero-order chi connectivity index (χ0) is 25.7. The number of fused-ring (bicyclic) bond motifs is 2. The van der Waals surface area contributed by atoms with Gasteiger partial charge in [-0.3, -0.25) is 4.79 Å². The van der Waals surface area contributed by atoms with E-state index in [1.807, 2.05) is 31.2 Å². The molecule has 2 N–H and O–H groups in total. The molecule has 5 aromatic rings. The van der Waals surface area contributed by atoms with Gasteiger partial charge in [-0.2, -0.15) is 18.3 Å². The van der Waals surface area contributed by atoms with Crippen LogP contribution < -0.4 is 5.32 Å². The number of para-hydroxylation sites is 1. The Balaban J connectivity index is 1.69. The second-order valence-electron chi connectivity index (χ2n) is 8.73. The van der Waals surface area contributed by atoms with E-state index in [0.29, 0.717) is 16.4 Å². The molecule has 9 heteroatoms. The highest BCUT2D eigenvalue weighted by atomic mass is 19.4. The molecule has 2 aromatic heterocycles. The molecule has 36 heavy (non-hydrogen) atoms. The normalized spacial score (nSPS) is 13.7. The van der Waals surface area contributed by atoms with Crippen LogP contribution in [0.1, 0.15) is 16.7 Å². The van der Waals surface area contributed by atoms with Crippen LogP contribution in [0, 0.1) is 6.92 Å². The number of carbonyl (C=O) groups is 1. The number of alkyl halides is 3. The maximum Gasteiger partial charge on any atom is 0.425 e. The van der Waals surface area contributed by atoms with Crippen LogP contribution in [0.15, 0.2) is 79.1 Å². The molecule has 0 fully saturated rings. The van der Waals surface area contributed by atoms with Crippen molar-refractivity contribution in [3.05, 3.63) is 95.8 Å². The maximum atomic E-state index is 14.7. The number of carbonyl (C=O) groups excluding carboxylic acids is 1. The van der Waals surface area contributed by atoms with E-state index in [1.54, 1.807) is 22.9 Å². The summed E-state index contributed by atoms with van der Waals surface area (Å²) in [5, 5.41) is 18.9. The quantitative estimate of drug-likeness (QED) is 0.369. The lowest BCUT2D eigenvalue weighted by atomic mass is 9.85. The summed E-state index contributed by atoms with van der Waals surface area (Å²) in [6, 6.07) is 18.1. The summed E-state index contributed by atoms with van der Waals surface area (Å²) in [5.41, 5.74) is -1.15. The Kier molecular flexibility index (Phi) is 5.60. The number of nitrogens with zero attached hydrogens (tertiary/aromatic N) is 3. The van der Waals surface area contributed by atoms with Crippen molar-refractivity contribution in [3.8, 4) is 5.69 Å². The molecule has 5 rings (SSSR count). The average Bonchev–Trinajstić information content (AvgIpc) is 3.45. The number of benzene rings is 3. The van der Waals surface area contributed by atoms with E-state index in [1.165, 1.54) is 48.3 Å². The molecule has 0 saturated carbocycles. The minimum absolute atomic E-state index is 0.187. The highest BCUT2D eigenvalue weighted by Gasteiger charge is 2.57. The van der Waals surface area contributed by atoms with Gasteiger partial charge in [0.05, 0.1) is 17.4 Å². The maximum absolute atomic E-state index is 14.7. The van der Waals surface area contributed by atoms with Crippen LogP contribution in [0.3, 0.4) is 0 Å². The summed E-state index contributed by atoms with van der Waals surface area (Å²) in [7, 11) is 1.45. The van der Waals surface area contributed by atoms with Crippen molar-refractivity contribution >= 4 is 27.7 Å². The van der Waals surface area contributed by atoms with Gasteiger partial charge in [-0.05, 0) is 42.8 Å². The summed E-state index contributed by atoms with van der Waals surface area (Å²) in [4.78, 5) is 12.0. The van der Waals surface area contributed by atoms with Crippen molar-refractivity contribution in [1.29, 1.82) is 0 Å². The van der Waals surface area contributed by atoms with Crippen LogP contribution in [0.5, 0.6) is 0 Å². The van der Waals surface area contributed by atoms with Crippen LogP contribution in [0.25, 0.3) is 27.5 Å². The molecule has 6 nitrogen and oxygen atoms in total. The van der Waals surface area contributed by atoms with Gasteiger partial charge >= 0.3 is 6.18 Å². The third-order valence-corrected chi connectivity index (χ3v) is 6.45. The lowest BCUT2D eigenvalue weighted by Crippen LogP contribution is -2.43. The third kappa shape index (κ3) is 3.72. The largest absolute Gasteiger partial charge is 0.425 e. The molecule has 2 heterocycles. The van der Waals surface area contributed by atoms with E-state index >= 15 is 0 Å².